The van der Waals surface area contributed by atoms with Crippen molar-refractivity contribution >= 4 is 6.03 Å². The maximum Gasteiger partial charge on any atom is 0.314 e. The second-order valence-corrected chi connectivity index (χ2v) is 3.89. The van der Waals surface area contributed by atoms with Crippen molar-refractivity contribution in [2.45, 2.75) is 25.8 Å². The monoisotopic (exact) mass is 204 g/mol. The molecule has 0 saturated carbocycles. The van der Waals surface area contributed by atoms with Gasteiger partial charge in [-0.2, -0.15) is 0 Å². The zero-order valence-electron chi connectivity index (χ0n) is 8.97. The van der Waals surface area contributed by atoms with Crippen LogP contribution in [0.3, 0.4) is 0 Å². The Balaban J connectivity index is 2.01. The lowest BCUT2D eigenvalue weighted by atomic mass is 10.1. The summed E-state index contributed by atoms with van der Waals surface area (Å²) in [6.45, 7) is 0.604. The first-order valence-corrected chi connectivity index (χ1v) is 5.36. The van der Waals surface area contributed by atoms with Gasteiger partial charge in [0, 0.05) is 13.6 Å². The van der Waals surface area contributed by atoms with E-state index in [-0.39, 0.29) is 6.03 Å². The van der Waals surface area contributed by atoms with E-state index in [4.69, 9.17) is 0 Å². The van der Waals surface area contributed by atoms with E-state index in [0.717, 1.165) is 0 Å². The first kappa shape index (κ1) is 10.0. The van der Waals surface area contributed by atoms with Gasteiger partial charge in [0.25, 0.3) is 0 Å². The van der Waals surface area contributed by atoms with Crippen molar-refractivity contribution in [2.24, 2.45) is 0 Å². The van der Waals surface area contributed by atoms with Gasteiger partial charge in [0.1, 0.15) is 0 Å². The zero-order valence-corrected chi connectivity index (χ0v) is 8.97. The fourth-order valence-electron chi connectivity index (χ4n) is 2.01. The third-order valence-corrected chi connectivity index (χ3v) is 2.84. The molecule has 0 unspecified atom stereocenters. The minimum absolute atomic E-state index is 0.129. The molecule has 1 aliphatic rings. The molecule has 0 fully saturated rings. The van der Waals surface area contributed by atoms with Gasteiger partial charge in [-0.1, -0.05) is 18.2 Å². The van der Waals surface area contributed by atoms with Crippen molar-refractivity contribution in [3.8, 4) is 0 Å². The maximum atomic E-state index is 11.0. The van der Waals surface area contributed by atoms with Gasteiger partial charge in [0.05, 0.1) is 0 Å². The van der Waals surface area contributed by atoms with Gasteiger partial charge in [0.2, 0.25) is 0 Å². The number of amides is 2. The molecule has 3 nitrogen and oxygen atoms in total. The molecule has 0 aliphatic heterocycles. The van der Waals surface area contributed by atoms with Crippen LogP contribution in [0, 0.1) is 0 Å². The van der Waals surface area contributed by atoms with E-state index in [0.29, 0.717) is 6.54 Å². The van der Waals surface area contributed by atoms with E-state index in [2.05, 4.69) is 28.8 Å². The highest BCUT2D eigenvalue weighted by molar-refractivity contribution is 5.73. The molecule has 2 rings (SSSR count). The predicted octanol–water partition coefficient (Wildman–Crippen LogP) is 1.60. The smallest absolute Gasteiger partial charge is 0.314 e. The third kappa shape index (κ3) is 2.29. The molecule has 2 N–H and O–H groups in total. The summed E-state index contributed by atoms with van der Waals surface area (Å²) in [4.78, 5) is 11.0. The van der Waals surface area contributed by atoms with Crippen molar-refractivity contribution in [3.63, 3.8) is 0 Å². The molecule has 1 aromatic rings. The Bertz CT molecular complexity index is 374. The lowest BCUT2D eigenvalue weighted by molar-refractivity contribution is 0.242. The fraction of sp³-hybridized carbons (Fsp3) is 0.417. The number of carbonyl (C=O) groups excluding carboxylic acids is 1. The zero-order chi connectivity index (χ0) is 10.7. The number of nitrogens with one attached hydrogen (secondary N) is 2. The summed E-state index contributed by atoms with van der Waals surface area (Å²) in [5.74, 6) is 0. The van der Waals surface area contributed by atoms with E-state index < -0.39 is 0 Å². The Labute approximate surface area is 89.9 Å². The molecule has 0 heterocycles. The third-order valence-electron chi connectivity index (χ3n) is 2.84. The van der Waals surface area contributed by atoms with E-state index in [1.54, 1.807) is 7.05 Å². The SMILES string of the molecule is CNC(=O)NCc1ccc2c(c1)CCC2. The summed E-state index contributed by atoms with van der Waals surface area (Å²) < 4.78 is 0. The molecule has 15 heavy (non-hydrogen) atoms. The van der Waals surface area contributed by atoms with Crippen LogP contribution in [-0.2, 0) is 19.4 Å². The van der Waals surface area contributed by atoms with Gasteiger partial charge in [0.15, 0.2) is 0 Å². The summed E-state index contributed by atoms with van der Waals surface area (Å²) in [6, 6.07) is 6.36. The Morgan fingerprint density at radius 2 is 2.13 bits per heavy atom. The number of urea groups is 1. The second kappa shape index (κ2) is 4.34. The van der Waals surface area contributed by atoms with Crippen molar-refractivity contribution in [1.29, 1.82) is 0 Å². The van der Waals surface area contributed by atoms with Crippen molar-refractivity contribution in [2.75, 3.05) is 7.05 Å². The van der Waals surface area contributed by atoms with Crippen LogP contribution < -0.4 is 10.6 Å². The topological polar surface area (TPSA) is 41.1 Å². The molecule has 0 radical (unpaired) electrons. The van der Waals surface area contributed by atoms with Crippen LogP contribution in [0.1, 0.15) is 23.1 Å². The average Bonchev–Trinajstić information content (AvgIpc) is 2.72. The lowest BCUT2D eigenvalue weighted by Gasteiger charge is -2.06. The Hall–Kier alpha value is -1.51. The number of fused-ring (bicyclic) bond motifs is 1. The van der Waals surface area contributed by atoms with Gasteiger partial charge in [-0.15, -0.1) is 0 Å². The maximum absolute atomic E-state index is 11.0. The van der Waals surface area contributed by atoms with E-state index in [1.807, 2.05) is 0 Å². The number of hydrogen-bond acceptors (Lipinski definition) is 1. The van der Waals surface area contributed by atoms with E-state index in [1.165, 1.54) is 36.0 Å². The molecule has 0 saturated heterocycles. The normalized spacial score (nSPS) is 13.4. The van der Waals surface area contributed by atoms with Gasteiger partial charge in [-0.3, -0.25) is 0 Å². The molecule has 0 aromatic heterocycles. The fourth-order valence-corrected chi connectivity index (χ4v) is 2.01. The van der Waals surface area contributed by atoms with Crippen LogP contribution in [0.2, 0.25) is 0 Å². The summed E-state index contributed by atoms with van der Waals surface area (Å²) in [5.41, 5.74) is 4.10. The molecule has 80 valence electrons. The number of aryl methyl sites for hydroxylation is 2. The molecular formula is C12H16N2O. The van der Waals surface area contributed by atoms with Crippen molar-refractivity contribution in [1.82, 2.24) is 10.6 Å². The summed E-state index contributed by atoms with van der Waals surface area (Å²) in [5, 5.41) is 5.33. The largest absolute Gasteiger partial charge is 0.341 e. The standard InChI is InChI=1S/C12H16N2O/c1-13-12(15)14-8-9-5-6-10-3-2-4-11(10)7-9/h5-7H,2-4,8H2,1H3,(H2,13,14,15). The molecule has 2 amide bonds. The number of carbonyl (C=O) groups is 1. The molecular weight excluding hydrogens is 188 g/mol. The Morgan fingerprint density at radius 1 is 1.33 bits per heavy atom. The van der Waals surface area contributed by atoms with Crippen LogP contribution in [-0.4, -0.2) is 13.1 Å². The van der Waals surface area contributed by atoms with Crippen LogP contribution in [0.5, 0.6) is 0 Å². The van der Waals surface area contributed by atoms with Crippen LogP contribution in [0.4, 0.5) is 4.79 Å². The summed E-state index contributed by atoms with van der Waals surface area (Å²) in [7, 11) is 1.62. The molecule has 1 aromatic carbocycles. The molecule has 0 atom stereocenters. The molecule has 0 bridgehead atoms. The molecule has 0 spiro atoms. The van der Waals surface area contributed by atoms with Crippen LogP contribution in [0.25, 0.3) is 0 Å². The minimum atomic E-state index is -0.129. The highest BCUT2D eigenvalue weighted by Crippen LogP contribution is 2.22. The molecule has 1 aliphatic carbocycles. The highest BCUT2D eigenvalue weighted by atomic mass is 16.2. The number of benzene rings is 1. The van der Waals surface area contributed by atoms with Gasteiger partial charge >= 0.3 is 6.03 Å². The quantitative estimate of drug-likeness (QED) is 0.755. The number of hydrogen-bond donors (Lipinski definition) is 2. The van der Waals surface area contributed by atoms with E-state index >= 15 is 0 Å². The summed E-state index contributed by atoms with van der Waals surface area (Å²) in [6.07, 6.45) is 3.66. The Kier molecular flexibility index (Phi) is 2.90. The minimum Gasteiger partial charge on any atom is -0.341 e. The second-order valence-electron chi connectivity index (χ2n) is 3.89. The van der Waals surface area contributed by atoms with Gasteiger partial charge < -0.3 is 10.6 Å². The van der Waals surface area contributed by atoms with Crippen LogP contribution >= 0.6 is 0 Å². The summed E-state index contributed by atoms with van der Waals surface area (Å²) >= 11 is 0. The highest BCUT2D eigenvalue weighted by Gasteiger charge is 2.10. The lowest BCUT2D eigenvalue weighted by Crippen LogP contribution is -2.32. The van der Waals surface area contributed by atoms with Gasteiger partial charge in [-0.25, -0.2) is 4.79 Å². The number of rotatable bonds is 2. The van der Waals surface area contributed by atoms with Gasteiger partial charge in [-0.05, 0) is 36.0 Å². The first-order chi connectivity index (χ1) is 7.29. The van der Waals surface area contributed by atoms with E-state index in [9.17, 15) is 4.79 Å². The molecule has 3 heteroatoms. The Morgan fingerprint density at radius 3 is 2.93 bits per heavy atom. The average molecular weight is 204 g/mol. The van der Waals surface area contributed by atoms with Crippen molar-refractivity contribution < 1.29 is 4.79 Å². The predicted molar refractivity (Wildman–Crippen MR) is 59.8 cm³/mol. The van der Waals surface area contributed by atoms with Crippen LogP contribution in [0.15, 0.2) is 18.2 Å². The van der Waals surface area contributed by atoms with Crippen molar-refractivity contribution in [3.05, 3.63) is 34.9 Å². The first-order valence-electron chi connectivity index (χ1n) is 5.36.